The fraction of sp³-hybridized carbons (Fsp3) is 0.417. The molecular weight excluding hydrogens is 234 g/mol. The van der Waals surface area contributed by atoms with Crippen LogP contribution in [-0.2, 0) is 4.79 Å². The van der Waals surface area contributed by atoms with Gasteiger partial charge in [-0.2, -0.15) is 0 Å². The molecule has 1 aromatic rings. The van der Waals surface area contributed by atoms with Gasteiger partial charge in [0.05, 0.1) is 4.92 Å². The van der Waals surface area contributed by atoms with Crippen molar-refractivity contribution in [2.24, 2.45) is 0 Å². The van der Waals surface area contributed by atoms with Crippen LogP contribution < -0.4 is 5.32 Å². The molecule has 0 aliphatic rings. The third-order valence-electron chi connectivity index (χ3n) is 2.59. The molecule has 0 saturated heterocycles. The summed E-state index contributed by atoms with van der Waals surface area (Å²) < 4.78 is 0. The topological polar surface area (TPSA) is 75.5 Å². The fourth-order valence-corrected chi connectivity index (χ4v) is 1.44. The normalized spacial score (nSPS) is 9.94. The van der Waals surface area contributed by atoms with Crippen molar-refractivity contribution in [1.29, 1.82) is 0 Å². The first kappa shape index (κ1) is 14.0. The Morgan fingerprint density at radius 2 is 2.11 bits per heavy atom. The molecule has 0 spiro atoms. The number of aryl methyl sites for hydroxylation is 1. The molecule has 1 rings (SSSR count). The third-order valence-corrected chi connectivity index (χ3v) is 2.59. The summed E-state index contributed by atoms with van der Waals surface area (Å²) in [5, 5.41) is 13.7. The van der Waals surface area contributed by atoms with E-state index in [2.05, 4.69) is 5.32 Å². The molecule has 6 heteroatoms. The van der Waals surface area contributed by atoms with Gasteiger partial charge in [0.2, 0.25) is 5.91 Å². The Morgan fingerprint density at radius 3 is 2.67 bits per heavy atom. The number of nitro groups is 1. The molecule has 0 heterocycles. The van der Waals surface area contributed by atoms with Crippen molar-refractivity contribution in [3.63, 3.8) is 0 Å². The molecule has 0 fully saturated rings. The van der Waals surface area contributed by atoms with Crippen LogP contribution in [-0.4, -0.2) is 36.4 Å². The van der Waals surface area contributed by atoms with E-state index >= 15 is 0 Å². The lowest BCUT2D eigenvalue weighted by Crippen LogP contribution is -2.24. The lowest BCUT2D eigenvalue weighted by Gasteiger charge is -2.12. The van der Waals surface area contributed by atoms with Gasteiger partial charge < -0.3 is 10.2 Å². The quantitative estimate of drug-likeness (QED) is 0.639. The van der Waals surface area contributed by atoms with Crippen molar-refractivity contribution < 1.29 is 9.72 Å². The number of hydrogen-bond acceptors (Lipinski definition) is 4. The molecule has 0 aliphatic heterocycles. The van der Waals surface area contributed by atoms with Crippen LogP contribution in [0.3, 0.4) is 0 Å². The second-order valence-corrected chi connectivity index (χ2v) is 4.22. The van der Waals surface area contributed by atoms with Crippen LogP contribution in [0.15, 0.2) is 18.2 Å². The predicted octanol–water partition coefficient (Wildman–Crippen LogP) is 1.79. The fourth-order valence-electron chi connectivity index (χ4n) is 1.44. The zero-order chi connectivity index (χ0) is 13.7. The summed E-state index contributed by atoms with van der Waals surface area (Å²) in [6.07, 6.45) is 0.356. The number of nitrogens with zero attached hydrogens (tertiary/aromatic N) is 2. The molecule has 0 atom stereocenters. The molecule has 1 N–H and O–H groups in total. The molecule has 0 radical (unpaired) electrons. The lowest BCUT2D eigenvalue weighted by atomic mass is 10.2. The van der Waals surface area contributed by atoms with Gasteiger partial charge in [0, 0.05) is 44.9 Å². The molecule has 18 heavy (non-hydrogen) atoms. The van der Waals surface area contributed by atoms with Crippen LogP contribution in [0.4, 0.5) is 11.4 Å². The van der Waals surface area contributed by atoms with Gasteiger partial charge in [-0.25, -0.2) is 0 Å². The number of benzene rings is 1. The van der Waals surface area contributed by atoms with E-state index < -0.39 is 4.92 Å². The van der Waals surface area contributed by atoms with Crippen LogP contribution in [0.5, 0.6) is 0 Å². The van der Waals surface area contributed by atoms with Crippen LogP contribution in [0, 0.1) is 17.0 Å². The molecule has 0 saturated carbocycles. The van der Waals surface area contributed by atoms with E-state index in [0.717, 1.165) is 5.56 Å². The van der Waals surface area contributed by atoms with Crippen LogP contribution in [0.25, 0.3) is 0 Å². The first-order valence-corrected chi connectivity index (χ1v) is 5.61. The first-order chi connectivity index (χ1) is 8.41. The number of hydrogen-bond donors (Lipinski definition) is 1. The van der Waals surface area contributed by atoms with Crippen molar-refractivity contribution in [1.82, 2.24) is 4.90 Å². The maximum Gasteiger partial charge on any atom is 0.271 e. The van der Waals surface area contributed by atoms with E-state index in [4.69, 9.17) is 0 Å². The molecule has 0 unspecified atom stereocenters. The average molecular weight is 251 g/mol. The molecule has 1 aromatic carbocycles. The van der Waals surface area contributed by atoms with Gasteiger partial charge in [-0.15, -0.1) is 0 Å². The Labute approximate surface area is 106 Å². The summed E-state index contributed by atoms with van der Waals surface area (Å²) in [6, 6.07) is 4.63. The van der Waals surface area contributed by atoms with Gasteiger partial charge in [-0.05, 0) is 12.5 Å². The number of nitro benzene ring substituents is 1. The van der Waals surface area contributed by atoms with E-state index in [0.29, 0.717) is 18.7 Å². The Kier molecular flexibility index (Phi) is 4.65. The monoisotopic (exact) mass is 251 g/mol. The van der Waals surface area contributed by atoms with Crippen LogP contribution in [0.1, 0.15) is 12.0 Å². The van der Waals surface area contributed by atoms with Gasteiger partial charge in [0.25, 0.3) is 5.69 Å². The maximum atomic E-state index is 11.4. The second-order valence-electron chi connectivity index (χ2n) is 4.22. The van der Waals surface area contributed by atoms with E-state index in [1.54, 1.807) is 20.2 Å². The summed E-state index contributed by atoms with van der Waals surface area (Å²) in [5.74, 6) is 0.0191. The minimum atomic E-state index is -0.435. The third kappa shape index (κ3) is 3.73. The van der Waals surface area contributed by atoms with Crippen molar-refractivity contribution in [3.05, 3.63) is 33.9 Å². The minimum absolute atomic E-state index is 0.0191. The molecular formula is C12H17N3O3. The molecule has 0 aromatic heterocycles. The highest BCUT2D eigenvalue weighted by Gasteiger charge is 2.09. The predicted molar refractivity (Wildman–Crippen MR) is 69.6 cm³/mol. The first-order valence-electron chi connectivity index (χ1n) is 5.61. The number of non-ortho nitro benzene ring substituents is 1. The van der Waals surface area contributed by atoms with E-state index in [1.165, 1.54) is 17.0 Å². The Bertz CT molecular complexity index is 458. The van der Waals surface area contributed by atoms with Crippen molar-refractivity contribution >= 4 is 17.3 Å². The van der Waals surface area contributed by atoms with Crippen LogP contribution in [0.2, 0.25) is 0 Å². The number of carbonyl (C=O) groups excluding carboxylic acids is 1. The van der Waals surface area contributed by atoms with Crippen molar-refractivity contribution in [3.8, 4) is 0 Å². The Balaban J connectivity index is 2.64. The largest absolute Gasteiger partial charge is 0.384 e. The Morgan fingerprint density at radius 1 is 1.44 bits per heavy atom. The summed E-state index contributed by atoms with van der Waals surface area (Å²) in [6.45, 7) is 2.32. The standard InChI is InChI=1S/C12H17N3O3/c1-9-4-5-10(15(17)18)8-11(9)13-7-6-12(16)14(2)3/h4-5,8,13H,6-7H2,1-3H3. The molecule has 0 bridgehead atoms. The van der Waals surface area contributed by atoms with Crippen molar-refractivity contribution in [2.45, 2.75) is 13.3 Å². The highest BCUT2D eigenvalue weighted by molar-refractivity contribution is 5.76. The zero-order valence-electron chi connectivity index (χ0n) is 10.8. The minimum Gasteiger partial charge on any atom is -0.384 e. The SMILES string of the molecule is Cc1ccc([N+](=O)[O-])cc1NCCC(=O)N(C)C. The number of amides is 1. The van der Waals surface area contributed by atoms with Crippen LogP contribution >= 0.6 is 0 Å². The number of rotatable bonds is 5. The second kappa shape index (κ2) is 6.00. The van der Waals surface area contributed by atoms with E-state index in [9.17, 15) is 14.9 Å². The number of anilines is 1. The highest BCUT2D eigenvalue weighted by Crippen LogP contribution is 2.21. The molecule has 0 aliphatic carbocycles. The molecule has 98 valence electrons. The molecule has 1 amide bonds. The van der Waals surface area contributed by atoms with Gasteiger partial charge >= 0.3 is 0 Å². The zero-order valence-corrected chi connectivity index (χ0v) is 10.8. The van der Waals surface area contributed by atoms with E-state index in [-0.39, 0.29) is 11.6 Å². The summed E-state index contributed by atoms with van der Waals surface area (Å²) >= 11 is 0. The highest BCUT2D eigenvalue weighted by atomic mass is 16.6. The van der Waals surface area contributed by atoms with Crippen molar-refractivity contribution in [2.75, 3.05) is 26.0 Å². The summed E-state index contributed by atoms with van der Waals surface area (Å²) in [5.41, 5.74) is 1.65. The Hall–Kier alpha value is -2.11. The van der Waals surface area contributed by atoms with Gasteiger partial charge in [-0.3, -0.25) is 14.9 Å². The van der Waals surface area contributed by atoms with Gasteiger partial charge in [-0.1, -0.05) is 6.07 Å². The lowest BCUT2D eigenvalue weighted by molar-refractivity contribution is -0.384. The maximum absolute atomic E-state index is 11.4. The summed E-state index contributed by atoms with van der Waals surface area (Å²) in [4.78, 5) is 23.1. The summed E-state index contributed by atoms with van der Waals surface area (Å²) in [7, 11) is 3.39. The average Bonchev–Trinajstić information content (AvgIpc) is 2.30. The number of nitrogens with one attached hydrogen (secondary N) is 1. The number of carbonyl (C=O) groups is 1. The van der Waals surface area contributed by atoms with E-state index in [1.807, 2.05) is 6.92 Å². The smallest absolute Gasteiger partial charge is 0.271 e. The molecule has 6 nitrogen and oxygen atoms in total. The van der Waals surface area contributed by atoms with Gasteiger partial charge in [0.15, 0.2) is 0 Å². The van der Waals surface area contributed by atoms with Gasteiger partial charge in [0.1, 0.15) is 0 Å².